The normalized spacial score (nSPS) is 12.5. The van der Waals surface area contributed by atoms with Gasteiger partial charge in [-0.15, -0.1) is 10.2 Å². The number of nitrogens with zero attached hydrogens (tertiary/aromatic N) is 4. The lowest BCUT2D eigenvalue weighted by atomic mass is 10.0. The van der Waals surface area contributed by atoms with Crippen molar-refractivity contribution in [1.29, 1.82) is 0 Å². The number of anilines is 1. The fourth-order valence-electron chi connectivity index (χ4n) is 3.57. The summed E-state index contributed by atoms with van der Waals surface area (Å²) in [4.78, 5) is 17.0. The van der Waals surface area contributed by atoms with Crippen LogP contribution < -0.4 is 5.32 Å². The number of aryl methyl sites for hydroxylation is 2. The van der Waals surface area contributed by atoms with Crippen LogP contribution in [0.2, 0.25) is 0 Å². The fraction of sp³-hybridized carbons (Fsp3) is 0.100. The minimum atomic E-state index is -0.166. The molecule has 6 heteroatoms. The van der Waals surface area contributed by atoms with E-state index in [0.29, 0.717) is 11.4 Å². The van der Waals surface area contributed by atoms with Gasteiger partial charge in [0.25, 0.3) is 5.91 Å². The summed E-state index contributed by atoms with van der Waals surface area (Å²) >= 11 is 0. The molecule has 1 amide bonds. The molecular weight excluding hydrogens is 326 g/mol. The molecular formula is C20H15N5O. The number of nitrogens with one attached hydrogen (secondary N) is 1. The zero-order valence-electron chi connectivity index (χ0n) is 13.9. The van der Waals surface area contributed by atoms with E-state index >= 15 is 0 Å². The van der Waals surface area contributed by atoms with Crippen molar-refractivity contribution in [2.24, 2.45) is 0 Å². The van der Waals surface area contributed by atoms with Crippen molar-refractivity contribution in [1.82, 2.24) is 19.7 Å². The highest BCUT2D eigenvalue weighted by Crippen LogP contribution is 2.35. The molecule has 0 saturated heterocycles. The molecule has 0 spiro atoms. The molecule has 0 radical (unpaired) electrons. The van der Waals surface area contributed by atoms with Crippen LogP contribution in [0, 0.1) is 0 Å². The van der Waals surface area contributed by atoms with Gasteiger partial charge < -0.3 is 5.32 Å². The van der Waals surface area contributed by atoms with Gasteiger partial charge in [0.05, 0.1) is 0 Å². The zero-order chi connectivity index (χ0) is 17.5. The predicted octanol–water partition coefficient (Wildman–Crippen LogP) is 3.17. The second-order valence-electron chi connectivity index (χ2n) is 6.34. The highest BCUT2D eigenvalue weighted by Gasteiger charge is 2.17. The second-order valence-corrected chi connectivity index (χ2v) is 6.34. The molecule has 1 aliphatic rings. The summed E-state index contributed by atoms with van der Waals surface area (Å²) in [6, 6.07) is 13.8. The largest absolute Gasteiger partial charge is 0.321 e. The molecule has 0 bridgehead atoms. The first kappa shape index (κ1) is 14.8. The van der Waals surface area contributed by atoms with E-state index in [1.54, 1.807) is 35.6 Å². The average molecular weight is 341 g/mol. The Bertz CT molecular complexity index is 1120. The standard InChI is InChI=1S/C20H15N5O/c26-20(15-8-9-21-18(10-15)25-11-22-23-12-25)24-17-7-6-14-5-4-13-2-1-3-16(17)19(13)14/h1-3,6-12H,4-5H2,(H,24,26). The Morgan fingerprint density at radius 1 is 1.00 bits per heavy atom. The molecule has 1 aliphatic carbocycles. The van der Waals surface area contributed by atoms with Gasteiger partial charge in [0, 0.05) is 22.8 Å². The van der Waals surface area contributed by atoms with Gasteiger partial charge in [-0.3, -0.25) is 9.36 Å². The number of hydrogen-bond acceptors (Lipinski definition) is 4. The Morgan fingerprint density at radius 2 is 1.81 bits per heavy atom. The number of rotatable bonds is 3. The van der Waals surface area contributed by atoms with Gasteiger partial charge in [-0.05, 0) is 47.6 Å². The Kier molecular flexibility index (Phi) is 3.28. The second kappa shape index (κ2) is 5.77. The number of carbonyl (C=O) groups is 1. The first-order chi connectivity index (χ1) is 12.8. The molecule has 0 fully saturated rings. The van der Waals surface area contributed by atoms with E-state index in [9.17, 15) is 4.79 Å². The van der Waals surface area contributed by atoms with Gasteiger partial charge in [0.1, 0.15) is 18.5 Å². The van der Waals surface area contributed by atoms with Crippen molar-refractivity contribution in [3.05, 3.63) is 78.0 Å². The highest BCUT2D eigenvalue weighted by atomic mass is 16.1. The number of amides is 1. The van der Waals surface area contributed by atoms with Crippen molar-refractivity contribution >= 4 is 22.4 Å². The molecule has 0 unspecified atom stereocenters. The molecule has 4 aromatic rings. The summed E-state index contributed by atoms with van der Waals surface area (Å²) in [6.45, 7) is 0. The van der Waals surface area contributed by atoms with Crippen LogP contribution in [0.25, 0.3) is 16.6 Å². The van der Waals surface area contributed by atoms with E-state index in [4.69, 9.17) is 0 Å². The molecule has 5 rings (SSSR count). The van der Waals surface area contributed by atoms with E-state index in [1.165, 1.54) is 16.5 Å². The van der Waals surface area contributed by atoms with E-state index in [0.717, 1.165) is 23.9 Å². The van der Waals surface area contributed by atoms with Crippen LogP contribution in [0.3, 0.4) is 0 Å². The first-order valence-electron chi connectivity index (χ1n) is 8.45. The maximum Gasteiger partial charge on any atom is 0.255 e. The molecule has 0 aliphatic heterocycles. The van der Waals surface area contributed by atoms with Gasteiger partial charge in [-0.25, -0.2) is 4.98 Å². The van der Waals surface area contributed by atoms with Crippen LogP contribution in [0.15, 0.2) is 61.3 Å². The molecule has 2 aromatic heterocycles. The van der Waals surface area contributed by atoms with E-state index in [2.05, 4.69) is 44.8 Å². The average Bonchev–Trinajstić information content (AvgIpc) is 3.35. The van der Waals surface area contributed by atoms with Crippen LogP contribution in [-0.4, -0.2) is 25.7 Å². The van der Waals surface area contributed by atoms with Gasteiger partial charge in [-0.1, -0.05) is 24.3 Å². The molecule has 6 nitrogen and oxygen atoms in total. The van der Waals surface area contributed by atoms with Gasteiger partial charge in [-0.2, -0.15) is 0 Å². The summed E-state index contributed by atoms with van der Waals surface area (Å²) in [5.74, 6) is 0.434. The quantitative estimate of drug-likeness (QED) is 0.621. The van der Waals surface area contributed by atoms with Crippen molar-refractivity contribution < 1.29 is 4.79 Å². The number of pyridine rings is 1. The summed E-state index contributed by atoms with van der Waals surface area (Å²) in [5.41, 5.74) is 4.08. The maximum absolute atomic E-state index is 12.8. The summed E-state index contributed by atoms with van der Waals surface area (Å²) in [5, 5.41) is 13.0. The molecule has 0 atom stereocenters. The Hall–Kier alpha value is -3.54. The summed E-state index contributed by atoms with van der Waals surface area (Å²) < 4.78 is 1.66. The lowest BCUT2D eigenvalue weighted by Crippen LogP contribution is -2.13. The van der Waals surface area contributed by atoms with E-state index in [-0.39, 0.29) is 5.91 Å². The predicted molar refractivity (Wildman–Crippen MR) is 98.5 cm³/mol. The third kappa shape index (κ3) is 2.35. The van der Waals surface area contributed by atoms with Crippen LogP contribution in [-0.2, 0) is 12.8 Å². The lowest BCUT2D eigenvalue weighted by Gasteiger charge is -2.11. The molecule has 2 aromatic carbocycles. The molecule has 126 valence electrons. The van der Waals surface area contributed by atoms with Crippen LogP contribution in [0.4, 0.5) is 5.69 Å². The van der Waals surface area contributed by atoms with Crippen LogP contribution in [0.1, 0.15) is 21.5 Å². The Labute approximate surface area is 149 Å². The number of benzene rings is 2. The van der Waals surface area contributed by atoms with Crippen molar-refractivity contribution in [3.63, 3.8) is 0 Å². The number of aromatic nitrogens is 4. The van der Waals surface area contributed by atoms with Gasteiger partial charge >= 0.3 is 0 Å². The number of carbonyl (C=O) groups excluding carboxylic acids is 1. The minimum Gasteiger partial charge on any atom is -0.321 e. The van der Waals surface area contributed by atoms with E-state index < -0.39 is 0 Å². The van der Waals surface area contributed by atoms with Crippen molar-refractivity contribution in [3.8, 4) is 5.82 Å². The smallest absolute Gasteiger partial charge is 0.255 e. The molecule has 2 heterocycles. The highest BCUT2D eigenvalue weighted by molar-refractivity contribution is 6.10. The Morgan fingerprint density at radius 3 is 2.65 bits per heavy atom. The topological polar surface area (TPSA) is 72.7 Å². The molecule has 1 N–H and O–H groups in total. The fourth-order valence-corrected chi connectivity index (χ4v) is 3.57. The third-order valence-electron chi connectivity index (χ3n) is 4.82. The summed E-state index contributed by atoms with van der Waals surface area (Å²) in [6.07, 6.45) is 6.84. The van der Waals surface area contributed by atoms with Crippen LogP contribution >= 0.6 is 0 Å². The first-order valence-corrected chi connectivity index (χ1v) is 8.45. The monoisotopic (exact) mass is 341 g/mol. The number of hydrogen-bond donors (Lipinski definition) is 1. The third-order valence-corrected chi connectivity index (χ3v) is 4.82. The van der Waals surface area contributed by atoms with Gasteiger partial charge in [0.15, 0.2) is 0 Å². The maximum atomic E-state index is 12.8. The molecule has 26 heavy (non-hydrogen) atoms. The zero-order valence-corrected chi connectivity index (χ0v) is 13.9. The van der Waals surface area contributed by atoms with Crippen LogP contribution in [0.5, 0.6) is 0 Å². The SMILES string of the molecule is O=C(Nc1ccc2c3c(cccc13)CC2)c1ccnc(-n2cnnc2)c1. The lowest BCUT2D eigenvalue weighted by molar-refractivity contribution is 0.102. The van der Waals surface area contributed by atoms with Gasteiger partial charge in [0.2, 0.25) is 0 Å². The Balaban J connectivity index is 1.50. The summed E-state index contributed by atoms with van der Waals surface area (Å²) in [7, 11) is 0. The minimum absolute atomic E-state index is 0.166. The molecule has 0 saturated carbocycles. The van der Waals surface area contributed by atoms with Crippen molar-refractivity contribution in [2.75, 3.05) is 5.32 Å². The van der Waals surface area contributed by atoms with E-state index in [1.807, 2.05) is 6.07 Å². The van der Waals surface area contributed by atoms with Crippen molar-refractivity contribution in [2.45, 2.75) is 12.8 Å².